The van der Waals surface area contributed by atoms with Gasteiger partial charge in [-0.1, -0.05) is 0 Å². The second kappa shape index (κ2) is 7.78. The number of halogens is 2. The van der Waals surface area contributed by atoms with Crippen molar-refractivity contribution in [2.75, 3.05) is 11.9 Å². The molecule has 6 nitrogen and oxygen atoms in total. The molecule has 0 bridgehead atoms. The van der Waals surface area contributed by atoms with Crippen LogP contribution in [-0.4, -0.2) is 28.3 Å². The number of nitriles is 1. The molecule has 0 unspecified atom stereocenters. The first-order chi connectivity index (χ1) is 12.6. The molecular weight excluding hydrogens is 340 g/mol. The minimum Gasteiger partial charge on any atom is -0.435 e. The fourth-order valence-electron chi connectivity index (χ4n) is 2.74. The van der Waals surface area contributed by atoms with Gasteiger partial charge in [-0.2, -0.15) is 19.1 Å². The Labute approximate surface area is 148 Å². The lowest BCUT2D eigenvalue weighted by Gasteiger charge is -2.12. The minimum atomic E-state index is -2.91. The first kappa shape index (κ1) is 17.6. The average Bonchev–Trinajstić information content (AvgIpc) is 3.03. The molecule has 8 heteroatoms. The molecule has 3 rings (SSSR count). The lowest BCUT2D eigenvalue weighted by atomic mass is 10.1. The molecule has 0 radical (unpaired) electrons. The molecule has 2 heterocycles. The fourth-order valence-corrected chi connectivity index (χ4v) is 2.74. The highest BCUT2D eigenvalue weighted by Gasteiger charge is 2.12. The first-order valence-corrected chi connectivity index (χ1v) is 8.09. The summed E-state index contributed by atoms with van der Waals surface area (Å²) in [6.07, 6.45) is 4.92. The van der Waals surface area contributed by atoms with E-state index in [1.54, 1.807) is 12.3 Å². The van der Waals surface area contributed by atoms with Crippen molar-refractivity contribution < 1.29 is 13.5 Å². The fraction of sp³-hybridized carbons (Fsp3) is 0.278. The summed E-state index contributed by atoms with van der Waals surface area (Å²) in [5.41, 5.74) is 3.69. The predicted molar refractivity (Wildman–Crippen MR) is 93.2 cm³/mol. The summed E-state index contributed by atoms with van der Waals surface area (Å²) in [6.45, 7) is -0.336. The van der Waals surface area contributed by atoms with Crippen LogP contribution in [0.5, 0.6) is 5.75 Å². The molecule has 1 aromatic carbocycles. The summed E-state index contributed by atoms with van der Waals surface area (Å²) >= 11 is 0. The minimum absolute atomic E-state index is 0.0291. The molecule has 26 heavy (non-hydrogen) atoms. The second-order valence-electron chi connectivity index (χ2n) is 5.77. The molecule has 0 aliphatic heterocycles. The van der Waals surface area contributed by atoms with Crippen LogP contribution < -0.4 is 10.1 Å². The molecule has 0 fully saturated rings. The quantitative estimate of drug-likeness (QED) is 0.628. The Kier molecular flexibility index (Phi) is 5.27. The van der Waals surface area contributed by atoms with Crippen molar-refractivity contribution in [2.24, 2.45) is 0 Å². The number of nitrogens with one attached hydrogen (secondary N) is 2. The smallest absolute Gasteiger partial charge is 0.387 e. The van der Waals surface area contributed by atoms with Crippen LogP contribution in [0.4, 0.5) is 14.5 Å². The van der Waals surface area contributed by atoms with E-state index in [0.29, 0.717) is 28.7 Å². The van der Waals surface area contributed by atoms with Gasteiger partial charge >= 0.3 is 6.61 Å². The van der Waals surface area contributed by atoms with Crippen LogP contribution in [0.25, 0.3) is 10.9 Å². The third kappa shape index (κ3) is 3.88. The monoisotopic (exact) mass is 357 g/mol. The number of rotatable bonds is 7. The molecule has 2 aromatic heterocycles. The molecular formula is C18H17F2N5O. The largest absolute Gasteiger partial charge is 0.435 e. The van der Waals surface area contributed by atoms with Gasteiger partial charge in [-0.05, 0) is 43.5 Å². The van der Waals surface area contributed by atoms with Crippen molar-refractivity contribution in [1.82, 2.24) is 15.2 Å². The summed E-state index contributed by atoms with van der Waals surface area (Å²) in [5.74, 6) is 0.0291. The Bertz CT molecular complexity index is 948. The third-order valence-corrected chi connectivity index (χ3v) is 4.04. The van der Waals surface area contributed by atoms with Gasteiger partial charge < -0.3 is 10.1 Å². The zero-order valence-electron chi connectivity index (χ0n) is 14.1. The molecule has 0 saturated carbocycles. The Hall–Kier alpha value is -3.21. The molecule has 0 aliphatic carbocycles. The molecule has 0 spiro atoms. The normalized spacial score (nSPS) is 10.9. The van der Waals surface area contributed by atoms with Crippen LogP contribution in [0.15, 0.2) is 30.6 Å². The molecule has 3 aromatic rings. The Morgan fingerprint density at radius 2 is 2.19 bits per heavy atom. The van der Waals surface area contributed by atoms with E-state index in [-0.39, 0.29) is 5.75 Å². The lowest BCUT2D eigenvalue weighted by molar-refractivity contribution is -0.0497. The van der Waals surface area contributed by atoms with Gasteiger partial charge in [-0.3, -0.25) is 10.1 Å². The summed E-state index contributed by atoms with van der Waals surface area (Å²) in [5, 5.41) is 20.0. The van der Waals surface area contributed by atoms with E-state index in [1.807, 2.05) is 6.92 Å². The van der Waals surface area contributed by atoms with E-state index in [4.69, 9.17) is 0 Å². The van der Waals surface area contributed by atoms with Gasteiger partial charge in [0.05, 0.1) is 23.0 Å². The van der Waals surface area contributed by atoms with E-state index in [9.17, 15) is 14.0 Å². The third-order valence-electron chi connectivity index (χ3n) is 4.04. The van der Waals surface area contributed by atoms with Crippen molar-refractivity contribution in [3.05, 3.63) is 47.4 Å². The number of aromatic nitrogens is 3. The number of aromatic amines is 1. The molecule has 0 saturated heterocycles. The average molecular weight is 357 g/mol. The summed E-state index contributed by atoms with van der Waals surface area (Å²) in [7, 11) is 0. The number of ether oxygens (including phenoxy) is 1. The number of fused-ring (bicyclic) bond motifs is 1. The molecule has 0 atom stereocenters. The number of anilines is 1. The van der Waals surface area contributed by atoms with Gasteiger partial charge in [0.1, 0.15) is 11.8 Å². The lowest BCUT2D eigenvalue weighted by Crippen LogP contribution is -2.06. The Balaban J connectivity index is 1.80. The highest BCUT2D eigenvalue weighted by molar-refractivity contribution is 5.94. The summed E-state index contributed by atoms with van der Waals surface area (Å²) in [4.78, 5) is 4.20. The zero-order chi connectivity index (χ0) is 18.5. The van der Waals surface area contributed by atoms with Crippen molar-refractivity contribution >= 4 is 16.6 Å². The number of nitrogens with zero attached hydrogens (tertiary/aromatic N) is 3. The zero-order valence-corrected chi connectivity index (χ0v) is 14.1. The van der Waals surface area contributed by atoms with E-state index < -0.39 is 6.61 Å². The van der Waals surface area contributed by atoms with Crippen molar-refractivity contribution in [2.45, 2.75) is 26.4 Å². The standard InChI is InChI=1S/C18H17F2N5O/c1-11-12(10-24-25-11)3-2-6-22-17-13(8-21)9-23-16-5-4-14(7-15(16)17)26-18(19)20/h4-5,7,9-10,18H,2-3,6H2,1H3,(H,22,23)(H,24,25). The van der Waals surface area contributed by atoms with E-state index in [0.717, 1.165) is 24.1 Å². The number of pyridine rings is 1. The molecule has 2 N–H and O–H groups in total. The van der Waals surface area contributed by atoms with Gasteiger partial charge in [0.15, 0.2) is 0 Å². The molecule has 134 valence electrons. The Morgan fingerprint density at radius 1 is 1.35 bits per heavy atom. The van der Waals surface area contributed by atoms with Gasteiger partial charge in [-0.15, -0.1) is 0 Å². The van der Waals surface area contributed by atoms with Gasteiger partial charge in [0.2, 0.25) is 0 Å². The molecule has 0 amide bonds. The van der Waals surface area contributed by atoms with E-state index >= 15 is 0 Å². The van der Waals surface area contributed by atoms with Crippen LogP contribution in [0.2, 0.25) is 0 Å². The van der Waals surface area contributed by atoms with Crippen LogP contribution >= 0.6 is 0 Å². The maximum atomic E-state index is 12.5. The predicted octanol–water partition coefficient (Wildman–Crippen LogP) is 3.78. The topological polar surface area (TPSA) is 86.6 Å². The molecule has 0 aliphatic rings. The SMILES string of the molecule is Cc1[nH]ncc1CCCNc1c(C#N)cnc2ccc(OC(F)F)cc12. The first-order valence-electron chi connectivity index (χ1n) is 8.09. The number of H-pyrrole nitrogens is 1. The van der Waals surface area contributed by atoms with Crippen molar-refractivity contribution in [1.29, 1.82) is 5.26 Å². The van der Waals surface area contributed by atoms with Crippen molar-refractivity contribution in [3.63, 3.8) is 0 Å². The van der Waals surface area contributed by atoms with Crippen LogP contribution in [0, 0.1) is 18.3 Å². The summed E-state index contributed by atoms with van der Waals surface area (Å²) < 4.78 is 29.4. The van der Waals surface area contributed by atoms with E-state index in [1.165, 1.54) is 18.3 Å². The van der Waals surface area contributed by atoms with Crippen LogP contribution in [0.3, 0.4) is 0 Å². The van der Waals surface area contributed by atoms with Crippen molar-refractivity contribution in [3.8, 4) is 11.8 Å². The van der Waals surface area contributed by atoms with Crippen LogP contribution in [-0.2, 0) is 6.42 Å². The number of hydrogen-bond acceptors (Lipinski definition) is 5. The van der Waals surface area contributed by atoms with E-state index in [2.05, 4.69) is 31.3 Å². The maximum absolute atomic E-state index is 12.5. The second-order valence-corrected chi connectivity index (χ2v) is 5.77. The van der Waals surface area contributed by atoms with Gasteiger partial charge in [0, 0.05) is 23.8 Å². The summed E-state index contributed by atoms with van der Waals surface area (Å²) in [6, 6.07) is 6.57. The van der Waals surface area contributed by atoms with Gasteiger partial charge in [0.25, 0.3) is 0 Å². The highest BCUT2D eigenvalue weighted by Crippen LogP contribution is 2.29. The maximum Gasteiger partial charge on any atom is 0.387 e. The number of aryl methyl sites for hydroxylation is 2. The van der Waals surface area contributed by atoms with Gasteiger partial charge in [-0.25, -0.2) is 0 Å². The van der Waals surface area contributed by atoms with Crippen LogP contribution in [0.1, 0.15) is 23.2 Å². The number of alkyl halides is 2. The number of benzene rings is 1. The Morgan fingerprint density at radius 3 is 2.88 bits per heavy atom. The number of hydrogen-bond donors (Lipinski definition) is 2. The highest BCUT2D eigenvalue weighted by atomic mass is 19.3.